The molecule has 1 aromatic carbocycles. The quantitative estimate of drug-likeness (QED) is 0.382. The van der Waals surface area contributed by atoms with E-state index in [-0.39, 0.29) is 5.91 Å². The Balaban J connectivity index is 1.31. The molecule has 3 aliphatic rings. The number of aliphatic hydroxyl groups is 1. The molecule has 3 aromatic heterocycles. The molecule has 0 spiro atoms. The van der Waals surface area contributed by atoms with E-state index in [0.717, 1.165) is 37.3 Å². The lowest BCUT2D eigenvalue weighted by molar-refractivity contribution is -0.0260. The topological polar surface area (TPSA) is 127 Å². The summed E-state index contributed by atoms with van der Waals surface area (Å²) >= 11 is 0. The zero-order valence-electron chi connectivity index (χ0n) is 22.7. The van der Waals surface area contributed by atoms with Crippen LogP contribution in [0.1, 0.15) is 29.5 Å². The highest BCUT2D eigenvalue weighted by Crippen LogP contribution is 2.30. The molecule has 13 heteroatoms. The fraction of sp³-hybridized carbons (Fsp3) is 0.519. The van der Waals surface area contributed by atoms with Crippen LogP contribution < -0.4 is 4.90 Å². The third kappa shape index (κ3) is 4.20. The number of likely N-dealkylation sites (tertiary alicyclic amines) is 1. The fourth-order valence-corrected chi connectivity index (χ4v) is 5.79. The van der Waals surface area contributed by atoms with Gasteiger partial charge in [0, 0.05) is 52.4 Å². The lowest BCUT2D eigenvalue weighted by Gasteiger charge is -2.46. The van der Waals surface area contributed by atoms with Crippen LogP contribution >= 0.6 is 0 Å². The number of carbonyl (C=O) groups is 1. The molecular weight excluding hydrogens is 514 g/mol. The Morgan fingerprint density at radius 1 is 0.975 bits per heavy atom. The number of hydrogen-bond donors (Lipinski definition) is 1. The van der Waals surface area contributed by atoms with Crippen molar-refractivity contribution in [1.29, 1.82) is 0 Å². The first-order valence-corrected chi connectivity index (χ1v) is 13.8. The maximum Gasteiger partial charge on any atom is 0.290 e. The van der Waals surface area contributed by atoms with Crippen LogP contribution in [0, 0.1) is 0 Å². The monoisotopic (exact) mass is 547 g/mol. The van der Waals surface area contributed by atoms with Gasteiger partial charge in [0.05, 0.1) is 37.5 Å². The van der Waals surface area contributed by atoms with Gasteiger partial charge in [0.2, 0.25) is 11.8 Å². The number of rotatable bonds is 5. The molecule has 40 heavy (non-hydrogen) atoms. The second-order valence-corrected chi connectivity index (χ2v) is 10.6. The summed E-state index contributed by atoms with van der Waals surface area (Å²) in [6, 6.07) is 8.02. The Labute approximate surface area is 230 Å². The van der Waals surface area contributed by atoms with Gasteiger partial charge >= 0.3 is 0 Å². The second kappa shape index (κ2) is 10.1. The Kier molecular flexibility index (Phi) is 6.38. The Bertz CT molecular complexity index is 1560. The van der Waals surface area contributed by atoms with Gasteiger partial charge in [-0.3, -0.25) is 14.3 Å². The number of aromatic nitrogens is 6. The summed E-state index contributed by atoms with van der Waals surface area (Å²) in [5, 5.41) is 10.6. The minimum atomic E-state index is -0.840. The Morgan fingerprint density at radius 2 is 1.68 bits per heavy atom. The summed E-state index contributed by atoms with van der Waals surface area (Å²) in [6.07, 6.45) is -0.840. The predicted molar refractivity (Wildman–Crippen MR) is 147 cm³/mol. The van der Waals surface area contributed by atoms with E-state index in [9.17, 15) is 9.90 Å². The van der Waals surface area contributed by atoms with Crippen LogP contribution in [0.15, 0.2) is 24.3 Å². The lowest BCUT2D eigenvalue weighted by atomic mass is 10.1. The van der Waals surface area contributed by atoms with Gasteiger partial charge in [-0.05, 0) is 19.1 Å². The fourth-order valence-electron chi connectivity index (χ4n) is 5.79. The summed E-state index contributed by atoms with van der Waals surface area (Å²) in [6.45, 7) is 8.74. The van der Waals surface area contributed by atoms with Crippen molar-refractivity contribution >= 4 is 33.9 Å². The first-order valence-electron chi connectivity index (χ1n) is 13.8. The summed E-state index contributed by atoms with van der Waals surface area (Å²) in [4.78, 5) is 39.4. The van der Waals surface area contributed by atoms with Crippen molar-refractivity contribution in [2.45, 2.75) is 19.1 Å². The van der Waals surface area contributed by atoms with Crippen LogP contribution in [-0.4, -0.2) is 122 Å². The number of aliphatic hydroxyl groups excluding tert-OH is 1. The maximum absolute atomic E-state index is 13.6. The summed E-state index contributed by atoms with van der Waals surface area (Å²) in [5.41, 5.74) is 2.65. The number of anilines is 1. The molecule has 3 saturated heterocycles. The van der Waals surface area contributed by atoms with Crippen molar-refractivity contribution in [3.8, 4) is 5.95 Å². The molecule has 0 radical (unpaired) electrons. The van der Waals surface area contributed by atoms with Crippen molar-refractivity contribution in [2.75, 3.05) is 70.6 Å². The molecule has 3 aliphatic heterocycles. The van der Waals surface area contributed by atoms with Crippen LogP contribution in [-0.2, 0) is 16.5 Å². The first kappa shape index (κ1) is 25.3. The van der Waals surface area contributed by atoms with E-state index in [1.807, 2.05) is 36.2 Å². The third-order valence-electron chi connectivity index (χ3n) is 8.06. The summed E-state index contributed by atoms with van der Waals surface area (Å²) in [7, 11) is 1.82. The minimum Gasteiger partial charge on any atom is -0.385 e. The average Bonchev–Trinajstić information content (AvgIpc) is 3.51. The molecule has 6 heterocycles. The van der Waals surface area contributed by atoms with Crippen molar-refractivity contribution < 1.29 is 19.4 Å². The van der Waals surface area contributed by atoms with Crippen molar-refractivity contribution in [3.05, 3.63) is 35.9 Å². The summed E-state index contributed by atoms with van der Waals surface area (Å²) in [5.74, 6) is 1.68. The van der Waals surface area contributed by atoms with Gasteiger partial charge < -0.3 is 28.9 Å². The number of morpholine rings is 2. The highest BCUT2D eigenvalue weighted by Gasteiger charge is 2.38. The normalized spacial score (nSPS) is 19.9. The van der Waals surface area contributed by atoms with Gasteiger partial charge in [-0.1, -0.05) is 12.1 Å². The molecule has 1 amide bonds. The van der Waals surface area contributed by atoms with Crippen molar-refractivity contribution in [3.63, 3.8) is 0 Å². The smallest absolute Gasteiger partial charge is 0.290 e. The molecule has 0 bridgehead atoms. The van der Waals surface area contributed by atoms with Gasteiger partial charge in [0.1, 0.15) is 11.9 Å². The number of benzene rings is 1. The third-order valence-corrected chi connectivity index (χ3v) is 8.06. The lowest BCUT2D eigenvalue weighted by Crippen LogP contribution is -2.63. The van der Waals surface area contributed by atoms with E-state index in [1.165, 1.54) is 0 Å². The number of imidazole rings is 2. The largest absolute Gasteiger partial charge is 0.385 e. The molecular formula is C27H33N9O4. The van der Waals surface area contributed by atoms with Gasteiger partial charge in [-0.2, -0.15) is 9.97 Å². The van der Waals surface area contributed by atoms with Crippen molar-refractivity contribution in [1.82, 2.24) is 38.9 Å². The molecule has 210 valence electrons. The number of hydrogen-bond acceptors (Lipinski definition) is 10. The first-order chi connectivity index (χ1) is 19.5. The number of aryl methyl sites for hydroxylation is 1. The van der Waals surface area contributed by atoms with Crippen LogP contribution in [0.4, 0.5) is 5.82 Å². The van der Waals surface area contributed by atoms with E-state index >= 15 is 0 Å². The van der Waals surface area contributed by atoms with E-state index in [0.29, 0.717) is 80.0 Å². The van der Waals surface area contributed by atoms with E-state index in [2.05, 4.69) is 14.8 Å². The molecule has 0 aliphatic carbocycles. The zero-order chi connectivity index (χ0) is 27.4. The molecule has 7 rings (SSSR count). The van der Waals surface area contributed by atoms with E-state index < -0.39 is 6.10 Å². The molecule has 4 aromatic rings. The number of ether oxygens (including phenoxy) is 2. The zero-order valence-corrected chi connectivity index (χ0v) is 22.7. The number of fused-ring (bicyclic) bond motifs is 2. The standard InChI is InChI=1S/C27H33N9O4/c1-17(37)22-28-19-5-3-4-6-20(19)36(22)27-30-23-21(24(31-27)34-9-13-40-14-10-34)29-25(32(23)2)26(38)35-15-18(16-35)33-7-11-39-12-8-33/h3-6,17-18,37H,7-16H2,1-2H3/t17-/m0/s1. The SMILES string of the molecule is C[C@H](O)c1nc2ccccc2n1-c1nc(N2CCOCC2)c2nc(C(=O)N3CC(N4CCOCC4)C3)n(C)c2n1. The molecule has 1 atom stereocenters. The number of carbonyl (C=O) groups excluding carboxylic acids is 1. The van der Waals surface area contributed by atoms with E-state index in [1.54, 1.807) is 16.1 Å². The van der Waals surface area contributed by atoms with Gasteiger partial charge in [-0.25, -0.2) is 9.97 Å². The van der Waals surface area contributed by atoms with Gasteiger partial charge in [0.15, 0.2) is 17.0 Å². The van der Waals surface area contributed by atoms with E-state index in [4.69, 9.17) is 24.4 Å². The number of nitrogens with zero attached hydrogens (tertiary/aromatic N) is 9. The molecule has 0 saturated carbocycles. The Morgan fingerprint density at radius 3 is 2.40 bits per heavy atom. The van der Waals surface area contributed by atoms with Crippen LogP contribution in [0.3, 0.4) is 0 Å². The second-order valence-electron chi connectivity index (χ2n) is 10.6. The average molecular weight is 548 g/mol. The molecule has 13 nitrogen and oxygen atoms in total. The molecule has 1 N–H and O–H groups in total. The van der Waals surface area contributed by atoms with Crippen LogP contribution in [0.5, 0.6) is 0 Å². The van der Waals surface area contributed by atoms with Crippen LogP contribution in [0.2, 0.25) is 0 Å². The van der Waals surface area contributed by atoms with Crippen molar-refractivity contribution in [2.24, 2.45) is 7.05 Å². The van der Waals surface area contributed by atoms with Crippen LogP contribution in [0.25, 0.3) is 28.1 Å². The Hall–Kier alpha value is -3.65. The highest BCUT2D eigenvalue weighted by molar-refractivity contribution is 5.97. The number of amides is 1. The number of para-hydroxylation sites is 2. The highest BCUT2D eigenvalue weighted by atomic mass is 16.5. The maximum atomic E-state index is 13.6. The van der Waals surface area contributed by atoms with Gasteiger partial charge in [-0.15, -0.1) is 0 Å². The molecule has 0 unspecified atom stereocenters. The molecule has 3 fully saturated rings. The minimum absolute atomic E-state index is 0.114. The predicted octanol–water partition coefficient (Wildman–Crippen LogP) is 0.749. The summed E-state index contributed by atoms with van der Waals surface area (Å²) < 4.78 is 14.6. The van der Waals surface area contributed by atoms with Gasteiger partial charge in [0.25, 0.3) is 5.91 Å².